The van der Waals surface area contributed by atoms with Crippen molar-refractivity contribution in [3.8, 4) is 11.5 Å². The van der Waals surface area contributed by atoms with Gasteiger partial charge in [0.2, 0.25) is 11.8 Å². The van der Waals surface area contributed by atoms with Crippen molar-refractivity contribution in [1.29, 1.82) is 0 Å². The molecule has 1 fully saturated rings. The standard InChI is InChI=1S/C18H20N2O4/c1-12-3-5-13(6-4-12)16-20-14(11-24-16)10-19-15(21)9-18(17(22)23)7-2-8-18/h3-6,11H,2,7-10H2,1H3,(H,19,21)(H,22,23). The highest BCUT2D eigenvalue weighted by Crippen LogP contribution is 2.44. The van der Waals surface area contributed by atoms with E-state index in [-0.39, 0.29) is 18.9 Å². The molecular formula is C18H20N2O4. The van der Waals surface area contributed by atoms with Gasteiger partial charge in [0.1, 0.15) is 6.26 Å². The number of oxazole rings is 1. The van der Waals surface area contributed by atoms with E-state index in [2.05, 4.69) is 10.3 Å². The van der Waals surface area contributed by atoms with Crippen molar-refractivity contribution >= 4 is 11.9 Å². The maximum absolute atomic E-state index is 12.0. The Morgan fingerprint density at radius 3 is 2.58 bits per heavy atom. The Labute approximate surface area is 139 Å². The Kier molecular flexibility index (Phi) is 4.38. The van der Waals surface area contributed by atoms with Crippen molar-refractivity contribution in [3.05, 3.63) is 41.8 Å². The molecule has 0 spiro atoms. The number of carbonyl (C=O) groups excluding carboxylic acids is 1. The summed E-state index contributed by atoms with van der Waals surface area (Å²) in [5.74, 6) is -0.649. The van der Waals surface area contributed by atoms with Crippen LogP contribution in [0, 0.1) is 12.3 Å². The minimum Gasteiger partial charge on any atom is -0.481 e. The first-order chi connectivity index (χ1) is 11.5. The summed E-state index contributed by atoms with van der Waals surface area (Å²) < 4.78 is 5.44. The van der Waals surface area contributed by atoms with Crippen LogP contribution in [0.3, 0.4) is 0 Å². The molecule has 0 bridgehead atoms. The number of carboxylic acid groups (broad SMARTS) is 1. The van der Waals surface area contributed by atoms with Crippen LogP contribution in [0.25, 0.3) is 11.5 Å². The van der Waals surface area contributed by atoms with Crippen LogP contribution < -0.4 is 5.32 Å². The number of amides is 1. The van der Waals surface area contributed by atoms with Crippen molar-refractivity contribution in [2.75, 3.05) is 0 Å². The highest BCUT2D eigenvalue weighted by Gasteiger charge is 2.45. The molecule has 126 valence electrons. The molecule has 24 heavy (non-hydrogen) atoms. The van der Waals surface area contributed by atoms with E-state index in [0.717, 1.165) is 17.5 Å². The summed E-state index contributed by atoms with van der Waals surface area (Å²) >= 11 is 0. The molecule has 0 radical (unpaired) electrons. The number of hydrogen-bond donors (Lipinski definition) is 2. The van der Waals surface area contributed by atoms with E-state index >= 15 is 0 Å². The first-order valence-electron chi connectivity index (χ1n) is 8.00. The minimum absolute atomic E-state index is 0.0189. The highest BCUT2D eigenvalue weighted by atomic mass is 16.4. The molecule has 3 rings (SSSR count). The number of rotatable bonds is 6. The molecule has 0 atom stereocenters. The summed E-state index contributed by atoms with van der Waals surface area (Å²) in [7, 11) is 0. The van der Waals surface area contributed by atoms with Crippen molar-refractivity contribution < 1.29 is 19.1 Å². The molecule has 1 aliphatic carbocycles. The van der Waals surface area contributed by atoms with Crippen molar-refractivity contribution in [1.82, 2.24) is 10.3 Å². The molecule has 2 N–H and O–H groups in total. The molecule has 2 aromatic rings. The van der Waals surface area contributed by atoms with E-state index in [1.165, 1.54) is 6.26 Å². The van der Waals surface area contributed by atoms with Crippen LogP contribution in [-0.4, -0.2) is 22.0 Å². The fraction of sp³-hybridized carbons (Fsp3) is 0.389. The molecule has 6 heteroatoms. The molecule has 1 saturated carbocycles. The van der Waals surface area contributed by atoms with E-state index in [1.807, 2.05) is 31.2 Å². The second-order valence-electron chi connectivity index (χ2n) is 6.40. The average molecular weight is 328 g/mol. The van der Waals surface area contributed by atoms with E-state index in [1.54, 1.807) is 0 Å². The predicted octanol–water partition coefficient (Wildman–Crippen LogP) is 2.91. The number of aromatic nitrogens is 1. The lowest BCUT2D eigenvalue weighted by molar-refractivity contribution is -0.157. The minimum atomic E-state index is -0.882. The maximum Gasteiger partial charge on any atom is 0.310 e. The van der Waals surface area contributed by atoms with Gasteiger partial charge in [0.15, 0.2) is 0 Å². The second-order valence-corrected chi connectivity index (χ2v) is 6.40. The van der Waals surface area contributed by atoms with Gasteiger partial charge in [-0.05, 0) is 31.9 Å². The van der Waals surface area contributed by atoms with Crippen LogP contribution in [0.5, 0.6) is 0 Å². The summed E-state index contributed by atoms with van der Waals surface area (Å²) in [5, 5.41) is 12.0. The third kappa shape index (κ3) is 3.32. The molecule has 0 unspecified atom stereocenters. The Morgan fingerprint density at radius 2 is 2.00 bits per heavy atom. The molecule has 0 aliphatic heterocycles. The number of nitrogens with zero attached hydrogens (tertiary/aromatic N) is 1. The fourth-order valence-electron chi connectivity index (χ4n) is 2.85. The van der Waals surface area contributed by atoms with Gasteiger partial charge in [0.25, 0.3) is 0 Å². The van der Waals surface area contributed by atoms with Gasteiger partial charge in [0, 0.05) is 12.0 Å². The normalized spacial score (nSPS) is 15.5. The maximum atomic E-state index is 12.0. The lowest BCUT2D eigenvalue weighted by Crippen LogP contribution is -2.42. The summed E-state index contributed by atoms with van der Waals surface area (Å²) in [6.07, 6.45) is 3.52. The molecule has 1 amide bonds. The van der Waals surface area contributed by atoms with Gasteiger partial charge < -0.3 is 14.8 Å². The molecule has 1 aromatic carbocycles. The van der Waals surface area contributed by atoms with Gasteiger partial charge >= 0.3 is 5.97 Å². The summed E-state index contributed by atoms with van der Waals surface area (Å²) in [4.78, 5) is 27.7. The van der Waals surface area contributed by atoms with E-state index in [4.69, 9.17) is 4.42 Å². The van der Waals surface area contributed by atoms with Crippen molar-refractivity contribution in [3.63, 3.8) is 0 Å². The van der Waals surface area contributed by atoms with Crippen LogP contribution in [0.2, 0.25) is 0 Å². The third-order valence-electron chi connectivity index (χ3n) is 4.58. The molecular weight excluding hydrogens is 308 g/mol. The molecule has 1 aliphatic rings. The molecule has 6 nitrogen and oxygen atoms in total. The lowest BCUT2D eigenvalue weighted by atomic mass is 9.66. The lowest BCUT2D eigenvalue weighted by Gasteiger charge is -2.36. The number of carboxylic acids is 1. The molecule has 1 heterocycles. The Hall–Kier alpha value is -2.63. The molecule has 1 aromatic heterocycles. The number of aliphatic carboxylic acids is 1. The number of carbonyl (C=O) groups is 2. The van der Waals surface area contributed by atoms with Crippen LogP contribution in [-0.2, 0) is 16.1 Å². The largest absolute Gasteiger partial charge is 0.481 e. The van der Waals surface area contributed by atoms with E-state index in [0.29, 0.717) is 24.4 Å². The fourth-order valence-corrected chi connectivity index (χ4v) is 2.85. The van der Waals surface area contributed by atoms with Crippen molar-refractivity contribution in [2.45, 2.75) is 39.2 Å². The molecule has 0 saturated heterocycles. The van der Waals surface area contributed by atoms with Gasteiger partial charge in [-0.2, -0.15) is 0 Å². The number of aryl methyl sites for hydroxylation is 1. The Bertz CT molecular complexity index is 745. The monoisotopic (exact) mass is 328 g/mol. The topological polar surface area (TPSA) is 92.4 Å². The predicted molar refractivity (Wildman–Crippen MR) is 87.1 cm³/mol. The van der Waals surface area contributed by atoms with Gasteiger partial charge in [-0.15, -0.1) is 0 Å². The average Bonchev–Trinajstić information content (AvgIpc) is 2.98. The Balaban J connectivity index is 1.56. The summed E-state index contributed by atoms with van der Waals surface area (Å²) in [6.45, 7) is 2.23. The Morgan fingerprint density at radius 1 is 1.29 bits per heavy atom. The van der Waals surface area contributed by atoms with Crippen molar-refractivity contribution in [2.24, 2.45) is 5.41 Å². The zero-order valence-corrected chi connectivity index (χ0v) is 13.5. The quantitative estimate of drug-likeness (QED) is 0.850. The first-order valence-corrected chi connectivity index (χ1v) is 8.00. The second kappa shape index (κ2) is 6.47. The summed E-state index contributed by atoms with van der Waals surface area (Å²) in [6, 6.07) is 7.81. The van der Waals surface area contributed by atoms with Gasteiger partial charge in [0.05, 0.1) is 17.7 Å². The van der Waals surface area contributed by atoms with Gasteiger partial charge in [-0.1, -0.05) is 24.1 Å². The smallest absolute Gasteiger partial charge is 0.310 e. The van der Waals surface area contributed by atoms with Crippen LogP contribution >= 0.6 is 0 Å². The third-order valence-corrected chi connectivity index (χ3v) is 4.58. The van der Waals surface area contributed by atoms with Crippen LogP contribution in [0.1, 0.15) is 36.9 Å². The number of nitrogens with one attached hydrogen (secondary N) is 1. The SMILES string of the molecule is Cc1ccc(-c2nc(CNC(=O)CC3(C(=O)O)CCC3)co2)cc1. The number of benzene rings is 1. The van der Waals surface area contributed by atoms with Crippen LogP contribution in [0.15, 0.2) is 34.9 Å². The summed E-state index contributed by atoms with van der Waals surface area (Å²) in [5.41, 5.74) is 1.76. The van der Waals surface area contributed by atoms with Crippen LogP contribution in [0.4, 0.5) is 0 Å². The van der Waals surface area contributed by atoms with E-state index in [9.17, 15) is 14.7 Å². The van der Waals surface area contributed by atoms with Gasteiger partial charge in [-0.25, -0.2) is 4.98 Å². The number of hydrogen-bond acceptors (Lipinski definition) is 4. The first kappa shape index (κ1) is 16.2. The zero-order chi connectivity index (χ0) is 17.2. The van der Waals surface area contributed by atoms with Gasteiger partial charge in [-0.3, -0.25) is 9.59 Å². The zero-order valence-electron chi connectivity index (χ0n) is 13.5. The van der Waals surface area contributed by atoms with E-state index < -0.39 is 11.4 Å². The highest BCUT2D eigenvalue weighted by molar-refractivity contribution is 5.85.